The summed E-state index contributed by atoms with van der Waals surface area (Å²) in [6.45, 7) is 4.66. The Hall–Kier alpha value is -1.59. The predicted molar refractivity (Wildman–Crippen MR) is 85.0 cm³/mol. The molecule has 1 fully saturated rings. The molecule has 2 aromatic rings. The largest absolute Gasteiger partial charge is 0.482 e. The van der Waals surface area contributed by atoms with Gasteiger partial charge in [0.05, 0.1) is 11.9 Å². The van der Waals surface area contributed by atoms with Crippen LogP contribution in [0.5, 0.6) is 5.75 Å². The van der Waals surface area contributed by atoms with Crippen molar-refractivity contribution in [2.24, 2.45) is 0 Å². The molecular formula is C16H19ClFN3O. The molecule has 0 radical (unpaired) electrons. The number of piperidine rings is 1. The summed E-state index contributed by atoms with van der Waals surface area (Å²) in [7, 11) is 0. The Morgan fingerprint density at radius 3 is 2.86 bits per heavy atom. The molecule has 0 amide bonds. The van der Waals surface area contributed by atoms with Crippen molar-refractivity contribution in [2.45, 2.75) is 31.9 Å². The second-order valence-electron chi connectivity index (χ2n) is 5.71. The first kappa shape index (κ1) is 15.3. The van der Waals surface area contributed by atoms with E-state index in [-0.39, 0.29) is 23.8 Å². The summed E-state index contributed by atoms with van der Waals surface area (Å²) in [6, 6.07) is 4.76. The number of nitrogens with one attached hydrogen (secondary N) is 1. The maximum atomic E-state index is 13.7. The zero-order valence-electron chi connectivity index (χ0n) is 12.4. The van der Waals surface area contributed by atoms with Crippen LogP contribution < -0.4 is 10.1 Å². The van der Waals surface area contributed by atoms with Crippen molar-refractivity contribution < 1.29 is 9.13 Å². The normalized spacial score (nSPS) is 18.1. The third kappa shape index (κ3) is 2.11. The van der Waals surface area contributed by atoms with Crippen LogP contribution in [0.25, 0.3) is 11.3 Å². The van der Waals surface area contributed by atoms with Crippen LogP contribution in [0.4, 0.5) is 4.39 Å². The summed E-state index contributed by atoms with van der Waals surface area (Å²) < 4.78 is 22.0. The van der Waals surface area contributed by atoms with E-state index in [2.05, 4.69) is 17.3 Å². The van der Waals surface area contributed by atoms with Crippen LogP contribution in [0, 0.1) is 5.82 Å². The molecule has 6 heteroatoms. The minimum absolute atomic E-state index is 0. The Bertz CT molecular complexity index is 695. The van der Waals surface area contributed by atoms with Crippen molar-refractivity contribution >= 4 is 12.4 Å². The van der Waals surface area contributed by atoms with E-state index in [1.165, 1.54) is 6.07 Å². The van der Waals surface area contributed by atoms with Gasteiger partial charge >= 0.3 is 0 Å². The highest BCUT2D eigenvalue weighted by molar-refractivity contribution is 5.85. The van der Waals surface area contributed by atoms with Crippen LogP contribution in [0.15, 0.2) is 24.4 Å². The second kappa shape index (κ2) is 5.56. The molecule has 118 valence electrons. The summed E-state index contributed by atoms with van der Waals surface area (Å²) in [5.74, 6) is 0.523. The lowest BCUT2D eigenvalue weighted by atomic mass is 9.81. The molecule has 0 unspecified atom stereocenters. The third-order valence-electron chi connectivity index (χ3n) is 4.54. The molecule has 22 heavy (non-hydrogen) atoms. The highest BCUT2D eigenvalue weighted by atomic mass is 35.5. The number of hydrogen-bond acceptors (Lipinski definition) is 3. The van der Waals surface area contributed by atoms with Gasteiger partial charge in [0.15, 0.2) is 0 Å². The SMILES string of the molecule is CCn1ncc2c1-c1cc(F)ccc1OC21CCNCC1.Cl. The maximum Gasteiger partial charge on any atom is 0.140 e. The number of benzene rings is 1. The zero-order chi connectivity index (χ0) is 14.4. The van der Waals surface area contributed by atoms with Gasteiger partial charge in [0, 0.05) is 30.5 Å². The van der Waals surface area contributed by atoms with Gasteiger partial charge in [-0.2, -0.15) is 5.10 Å². The highest BCUT2D eigenvalue weighted by Crippen LogP contribution is 2.48. The molecule has 3 heterocycles. The Morgan fingerprint density at radius 2 is 2.14 bits per heavy atom. The highest BCUT2D eigenvalue weighted by Gasteiger charge is 2.44. The van der Waals surface area contributed by atoms with E-state index in [4.69, 9.17) is 4.74 Å². The first-order valence-corrected chi connectivity index (χ1v) is 7.49. The van der Waals surface area contributed by atoms with Crippen molar-refractivity contribution in [1.29, 1.82) is 0 Å². The fraction of sp³-hybridized carbons (Fsp3) is 0.438. The first-order chi connectivity index (χ1) is 10.2. The molecule has 1 saturated heterocycles. The fourth-order valence-electron chi connectivity index (χ4n) is 3.49. The molecule has 0 bridgehead atoms. The van der Waals surface area contributed by atoms with Gasteiger partial charge in [0.25, 0.3) is 0 Å². The molecular weight excluding hydrogens is 305 g/mol. The first-order valence-electron chi connectivity index (χ1n) is 7.49. The van der Waals surface area contributed by atoms with Gasteiger partial charge in [-0.15, -0.1) is 12.4 Å². The quantitative estimate of drug-likeness (QED) is 0.876. The van der Waals surface area contributed by atoms with Crippen molar-refractivity contribution in [1.82, 2.24) is 15.1 Å². The molecule has 1 aromatic carbocycles. The molecule has 0 aliphatic carbocycles. The van der Waals surface area contributed by atoms with Crippen LogP contribution >= 0.6 is 12.4 Å². The fourth-order valence-corrected chi connectivity index (χ4v) is 3.49. The number of ether oxygens (including phenoxy) is 1. The van der Waals surface area contributed by atoms with Gasteiger partial charge < -0.3 is 10.1 Å². The summed E-state index contributed by atoms with van der Waals surface area (Å²) >= 11 is 0. The number of aryl methyl sites for hydroxylation is 1. The van der Waals surface area contributed by atoms with E-state index in [1.54, 1.807) is 12.1 Å². The Labute approximate surface area is 135 Å². The third-order valence-corrected chi connectivity index (χ3v) is 4.54. The van der Waals surface area contributed by atoms with Crippen LogP contribution in [-0.4, -0.2) is 22.9 Å². The number of nitrogens with zero attached hydrogens (tertiary/aromatic N) is 2. The van der Waals surface area contributed by atoms with Crippen molar-refractivity contribution in [3.63, 3.8) is 0 Å². The summed E-state index contributed by atoms with van der Waals surface area (Å²) in [5.41, 5.74) is 2.61. The molecule has 0 atom stereocenters. The number of aromatic nitrogens is 2. The Balaban J connectivity index is 0.00000144. The van der Waals surface area contributed by atoms with Gasteiger partial charge in [-0.3, -0.25) is 4.68 Å². The molecule has 2 aliphatic heterocycles. The average Bonchev–Trinajstić information content (AvgIpc) is 2.95. The predicted octanol–water partition coefficient (Wildman–Crippen LogP) is 3.10. The van der Waals surface area contributed by atoms with Crippen LogP contribution in [0.3, 0.4) is 0 Å². The van der Waals surface area contributed by atoms with E-state index >= 15 is 0 Å². The Kier molecular flexibility index (Phi) is 3.87. The minimum atomic E-state index is -0.321. The molecule has 1 aromatic heterocycles. The molecule has 2 aliphatic rings. The molecule has 0 saturated carbocycles. The van der Waals surface area contributed by atoms with E-state index in [1.807, 2.05) is 10.9 Å². The van der Waals surface area contributed by atoms with Crippen molar-refractivity contribution in [3.8, 4) is 17.0 Å². The number of fused-ring (bicyclic) bond motifs is 4. The van der Waals surface area contributed by atoms with Crippen LogP contribution in [0.1, 0.15) is 25.3 Å². The number of hydrogen-bond donors (Lipinski definition) is 1. The van der Waals surface area contributed by atoms with Crippen LogP contribution in [0.2, 0.25) is 0 Å². The summed E-state index contributed by atoms with van der Waals surface area (Å²) in [6.07, 6.45) is 3.72. The molecule has 4 rings (SSSR count). The van der Waals surface area contributed by atoms with E-state index in [9.17, 15) is 4.39 Å². The zero-order valence-corrected chi connectivity index (χ0v) is 13.3. The number of halogens is 2. The molecule has 1 N–H and O–H groups in total. The second-order valence-corrected chi connectivity index (χ2v) is 5.71. The van der Waals surface area contributed by atoms with Gasteiger partial charge in [0.2, 0.25) is 0 Å². The summed E-state index contributed by atoms with van der Waals surface area (Å²) in [5, 5.41) is 7.86. The topological polar surface area (TPSA) is 39.1 Å². The number of rotatable bonds is 1. The minimum Gasteiger partial charge on any atom is -0.482 e. The van der Waals surface area contributed by atoms with Gasteiger partial charge in [-0.1, -0.05) is 0 Å². The van der Waals surface area contributed by atoms with Crippen molar-refractivity contribution in [2.75, 3.05) is 13.1 Å². The van der Waals surface area contributed by atoms with Crippen LogP contribution in [-0.2, 0) is 12.1 Å². The van der Waals surface area contributed by atoms with Crippen molar-refractivity contribution in [3.05, 3.63) is 35.8 Å². The lowest BCUT2D eigenvalue weighted by Crippen LogP contribution is -2.45. The lowest BCUT2D eigenvalue weighted by molar-refractivity contribution is 0.0305. The Morgan fingerprint density at radius 1 is 1.36 bits per heavy atom. The molecule has 4 nitrogen and oxygen atoms in total. The van der Waals surface area contributed by atoms with E-state index in [0.717, 1.165) is 55.0 Å². The molecule has 1 spiro atoms. The van der Waals surface area contributed by atoms with E-state index < -0.39 is 0 Å². The van der Waals surface area contributed by atoms with Gasteiger partial charge in [-0.25, -0.2) is 4.39 Å². The average molecular weight is 324 g/mol. The monoisotopic (exact) mass is 323 g/mol. The van der Waals surface area contributed by atoms with Gasteiger partial charge in [0.1, 0.15) is 17.2 Å². The van der Waals surface area contributed by atoms with E-state index in [0.29, 0.717) is 0 Å². The maximum absolute atomic E-state index is 13.7. The summed E-state index contributed by atoms with van der Waals surface area (Å²) in [4.78, 5) is 0. The van der Waals surface area contributed by atoms with Gasteiger partial charge in [-0.05, 0) is 38.2 Å². The smallest absolute Gasteiger partial charge is 0.140 e. The lowest BCUT2D eigenvalue weighted by Gasteiger charge is -2.41. The standard InChI is InChI=1S/C16H18FN3O.ClH/c1-2-20-15-12-9-11(17)3-4-14(12)21-16(13(15)10-19-20)5-7-18-8-6-16;/h3-4,9-10,18H,2,5-8H2,1H3;1H.